The quantitative estimate of drug-likeness (QED) is 0.670. The highest BCUT2D eigenvalue weighted by atomic mass is 35.5. The first-order valence-corrected chi connectivity index (χ1v) is 5.86. The summed E-state index contributed by atoms with van der Waals surface area (Å²) in [6.45, 7) is 0. The number of rotatable bonds is 3. The molecule has 0 spiro atoms. The minimum atomic E-state index is -0.512. The number of anilines is 2. The van der Waals surface area contributed by atoms with Gasteiger partial charge < -0.3 is 5.32 Å². The highest BCUT2D eigenvalue weighted by Crippen LogP contribution is 2.16. The largest absolute Gasteiger partial charge is 0.324 e. The van der Waals surface area contributed by atoms with E-state index in [0.717, 1.165) is 0 Å². The fourth-order valence-corrected chi connectivity index (χ4v) is 1.51. The average Bonchev–Trinajstić information content (AvgIpc) is 2.42. The van der Waals surface area contributed by atoms with E-state index in [9.17, 15) is 14.9 Å². The highest BCUT2D eigenvalue weighted by molar-refractivity contribution is 6.30. The maximum absolute atomic E-state index is 11.7. The Morgan fingerprint density at radius 1 is 1.15 bits per heavy atom. The molecule has 8 heteroatoms. The van der Waals surface area contributed by atoms with Gasteiger partial charge in [0, 0.05) is 24.0 Å². The summed E-state index contributed by atoms with van der Waals surface area (Å²) in [6, 6.07) is 8.12. The molecule has 7 nitrogen and oxygen atoms in total. The van der Waals surface area contributed by atoms with Crippen LogP contribution in [0.25, 0.3) is 0 Å². The van der Waals surface area contributed by atoms with Crippen molar-refractivity contribution in [3.63, 3.8) is 0 Å². The topological polar surface area (TPSA) is 97.2 Å². The molecule has 1 aromatic carbocycles. The third-order valence-electron chi connectivity index (χ3n) is 2.30. The van der Waals surface area contributed by atoms with Crippen molar-refractivity contribution in [2.45, 2.75) is 0 Å². The third-order valence-corrected chi connectivity index (χ3v) is 2.53. The van der Waals surface area contributed by atoms with Crippen molar-refractivity contribution in [1.29, 1.82) is 0 Å². The lowest BCUT2D eigenvalue weighted by Crippen LogP contribution is -2.19. The minimum absolute atomic E-state index is 0.0460. The van der Waals surface area contributed by atoms with Crippen LogP contribution in [-0.4, -0.2) is 15.9 Å². The van der Waals surface area contributed by atoms with E-state index in [4.69, 9.17) is 11.6 Å². The van der Waals surface area contributed by atoms with E-state index in [0.29, 0.717) is 16.5 Å². The number of nitro benzene ring substituents is 1. The van der Waals surface area contributed by atoms with E-state index >= 15 is 0 Å². The Morgan fingerprint density at radius 3 is 2.40 bits per heavy atom. The van der Waals surface area contributed by atoms with Gasteiger partial charge in [0.15, 0.2) is 0 Å². The van der Waals surface area contributed by atoms with Crippen LogP contribution in [0.5, 0.6) is 0 Å². The van der Waals surface area contributed by atoms with Crippen molar-refractivity contribution in [3.05, 3.63) is 57.7 Å². The molecule has 0 bridgehead atoms. The van der Waals surface area contributed by atoms with Crippen molar-refractivity contribution in [2.24, 2.45) is 0 Å². The van der Waals surface area contributed by atoms with Crippen LogP contribution >= 0.6 is 11.6 Å². The fraction of sp³-hybridized carbons (Fsp3) is 0. The van der Waals surface area contributed by atoms with Gasteiger partial charge in [-0.15, -0.1) is 0 Å². The summed E-state index contributed by atoms with van der Waals surface area (Å²) in [7, 11) is 0. The molecule has 0 aliphatic rings. The first kappa shape index (κ1) is 13.8. The third kappa shape index (κ3) is 3.66. The van der Waals surface area contributed by atoms with Crippen molar-refractivity contribution in [1.82, 2.24) is 4.98 Å². The number of hydrogen-bond acceptors (Lipinski definition) is 4. The van der Waals surface area contributed by atoms with Gasteiger partial charge in [0.2, 0.25) is 0 Å². The molecule has 2 aromatic rings. The maximum Gasteiger partial charge on any atom is 0.324 e. The average molecular weight is 293 g/mol. The SMILES string of the molecule is O=C(Nc1ccc([N+](=O)[O-])cc1)Nc1ccc(Cl)cn1. The Balaban J connectivity index is 1.97. The lowest BCUT2D eigenvalue weighted by Gasteiger charge is -2.06. The van der Waals surface area contributed by atoms with Gasteiger partial charge in [0.25, 0.3) is 5.69 Å². The lowest BCUT2D eigenvalue weighted by molar-refractivity contribution is -0.384. The Kier molecular flexibility index (Phi) is 4.11. The first-order valence-electron chi connectivity index (χ1n) is 5.48. The number of hydrogen-bond donors (Lipinski definition) is 2. The van der Waals surface area contributed by atoms with Crippen molar-refractivity contribution < 1.29 is 9.72 Å². The molecule has 0 atom stereocenters. The molecule has 2 rings (SSSR count). The van der Waals surface area contributed by atoms with Crippen molar-refractivity contribution >= 4 is 34.8 Å². The number of halogens is 1. The molecular weight excluding hydrogens is 284 g/mol. The van der Waals surface area contributed by atoms with Gasteiger partial charge in [0.1, 0.15) is 5.82 Å². The van der Waals surface area contributed by atoms with Gasteiger partial charge in [0.05, 0.1) is 9.95 Å². The van der Waals surface area contributed by atoms with Crippen LogP contribution in [0.15, 0.2) is 42.6 Å². The maximum atomic E-state index is 11.7. The highest BCUT2D eigenvalue weighted by Gasteiger charge is 2.06. The predicted molar refractivity (Wildman–Crippen MR) is 75.0 cm³/mol. The van der Waals surface area contributed by atoms with Gasteiger partial charge in [-0.3, -0.25) is 15.4 Å². The van der Waals surface area contributed by atoms with E-state index in [2.05, 4.69) is 15.6 Å². The number of nitrogens with one attached hydrogen (secondary N) is 2. The molecule has 0 aliphatic heterocycles. The molecule has 1 heterocycles. The predicted octanol–water partition coefficient (Wildman–Crippen LogP) is 3.29. The number of pyridine rings is 1. The summed E-state index contributed by atoms with van der Waals surface area (Å²) in [4.78, 5) is 25.5. The first-order chi connectivity index (χ1) is 9.54. The summed E-state index contributed by atoms with van der Waals surface area (Å²) in [6.07, 6.45) is 1.41. The van der Waals surface area contributed by atoms with Crippen LogP contribution in [0, 0.1) is 10.1 Å². The molecule has 2 amide bonds. The number of aromatic nitrogens is 1. The van der Waals surface area contributed by atoms with Gasteiger partial charge in [-0.2, -0.15) is 0 Å². The molecule has 1 aromatic heterocycles. The summed E-state index contributed by atoms with van der Waals surface area (Å²) in [5, 5.41) is 16.0. The molecule has 0 radical (unpaired) electrons. The van der Waals surface area contributed by atoms with E-state index in [1.54, 1.807) is 12.1 Å². The van der Waals surface area contributed by atoms with Crippen LogP contribution in [0.2, 0.25) is 5.02 Å². The molecule has 2 N–H and O–H groups in total. The van der Waals surface area contributed by atoms with Gasteiger partial charge in [-0.1, -0.05) is 11.6 Å². The van der Waals surface area contributed by atoms with E-state index in [-0.39, 0.29) is 5.69 Å². The second-order valence-corrected chi connectivity index (χ2v) is 4.18. The van der Waals surface area contributed by atoms with Crippen LogP contribution in [-0.2, 0) is 0 Å². The summed E-state index contributed by atoms with van der Waals surface area (Å²) in [5.41, 5.74) is 0.386. The van der Waals surface area contributed by atoms with Crippen molar-refractivity contribution in [2.75, 3.05) is 10.6 Å². The standard InChI is InChI=1S/C12H9ClN4O3/c13-8-1-6-11(14-7-8)16-12(18)15-9-2-4-10(5-3-9)17(19)20/h1-7H,(H2,14,15,16,18). The minimum Gasteiger partial charge on any atom is -0.308 e. The molecule has 0 saturated carbocycles. The summed E-state index contributed by atoms with van der Waals surface area (Å²) >= 11 is 5.67. The van der Waals surface area contributed by atoms with Crippen molar-refractivity contribution in [3.8, 4) is 0 Å². The molecule has 102 valence electrons. The van der Waals surface area contributed by atoms with Gasteiger partial charge in [-0.25, -0.2) is 9.78 Å². The zero-order chi connectivity index (χ0) is 14.5. The van der Waals surface area contributed by atoms with Gasteiger partial charge >= 0.3 is 6.03 Å². The second kappa shape index (κ2) is 5.98. The normalized spacial score (nSPS) is 9.85. The number of nitro groups is 1. The summed E-state index contributed by atoms with van der Waals surface area (Å²) in [5.74, 6) is 0.341. The Hall–Kier alpha value is -2.67. The number of carbonyl (C=O) groups excluding carboxylic acids is 1. The Labute approximate surface area is 118 Å². The van der Waals surface area contributed by atoms with Crippen LogP contribution < -0.4 is 10.6 Å². The number of urea groups is 1. The molecule has 0 aliphatic carbocycles. The number of benzene rings is 1. The molecular formula is C12H9ClN4O3. The molecule has 20 heavy (non-hydrogen) atoms. The molecule has 0 saturated heterocycles. The van der Waals surface area contributed by atoms with E-state index < -0.39 is 11.0 Å². The van der Waals surface area contributed by atoms with Crippen LogP contribution in [0.3, 0.4) is 0 Å². The molecule has 0 unspecified atom stereocenters. The van der Waals surface area contributed by atoms with Crippen LogP contribution in [0.4, 0.5) is 22.0 Å². The molecule has 0 fully saturated rings. The zero-order valence-corrected chi connectivity index (χ0v) is 10.8. The van der Waals surface area contributed by atoms with E-state index in [1.807, 2.05) is 0 Å². The monoisotopic (exact) mass is 292 g/mol. The number of amides is 2. The van der Waals surface area contributed by atoms with E-state index in [1.165, 1.54) is 30.5 Å². The Morgan fingerprint density at radius 2 is 1.85 bits per heavy atom. The summed E-state index contributed by atoms with van der Waals surface area (Å²) < 4.78 is 0. The van der Waals surface area contributed by atoms with Gasteiger partial charge in [-0.05, 0) is 24.3 Å². The zero-order valence-electron chi connectivity index (χ0n) is 10.0. The number of carbonyl (C=O) groups is 1. The second-order valence-electron chi connectivity index (χ2n) is 3.74. The van der Waals surface area contributed by atoms with Crippen LogP contribution in [0.1, 0.15) is 0 Å². The lowest BCUT2D eigenvalue weighted by atomic mass is 10.3. The number of non-ortho nitro benzene ring substituents is 1. The fourth-order valence-electron chi connectivity index (χ4n) is 1.39. The Bertz CT molecular complexity index is 628. The number of nitrogens with zero attached hydrogens (tertiary/aromatic N) is 2. The smallest absolute Gasteiger partial charge is 0.308 e.